The van der Waals surface area contributed by atoms with Crippen LogP contribution in [0.3, 0.4) is 0 Å². The van der Waals surface area contributed by atoms with E-state index in [2.05, 4.69) is 20.5 Å². The second kappa shape index (κ2) is 10.6. The van der Waals surface area contributed by atoms with Crippen molar-refractivity contribution in [2.24, 2.45) is 4.99 Å². The van der Waals surface area contributed by atoms with Gasteiger partial charge in [0.2, 0.25) is 0 Å². The minimum atomic E-state index is -3.19. The summed E-state index contributed by atoms with van der Waals surface area (Å²) in [5, 5.41) is 6.62. The molecule has 1 aromatic carbocycles. The first-order valence-electron chi connectivity index (χ1n) is 9.52. The van der Waals surface area contributed by atoms with Gasteiger partial charge in [0.25, 0.3) is 0 Å². The fraction of sp³-hybridized carbons (Fsp3) is 0.632. The van der Waals surface area contributed by atoms with Gasteiger partial charge in [-0.25, -0.2) is 13.4 Å². The lowest BCUT2D eigenvalue weighted by Gasteiger charge is -2.26. The van der Waals surface area contributed by atoms with Gasteiger partial charge in [0.15, 0.2) is 15.8 Å². The van der Waals surface area contributed by atoms with Crippen LogP contribution in [-0.4, -0.2) is 71.5 Å². The summed E-state index contributed by atoms with van der Waals surface area (Å²) in [5.41, 5.74) is 1.75. The highest BCUT2D eigenvalue weighted by molar-refractivity contribution is 7.90. The molecule has 1 saturated heterocycles. The molecule has 2 rings (SSSR count). The fourth-order valence-electron chi connectivity index (χ4n) is 3.07. The third-order valence-corrected chi connectivity index (χ3v) is 5.71. The third-order valence-electron chi connectivity index (χ3n) is 4.45. The summed E-state index contributed by atoms with van der Waals surface area (Å²) in [5.74, 6) is 0.782. The van der Waals surface area contributed by atoms with Crippen molar-refractivity contribution in [2.75, 3.05) is 52.2 Å². The van der Waals surface area contributed by atoms with Crippen LogP contribution in [0.1, 0.15) is 24.5 Å². The molecule has 0 atom stereocenters. The number of hydrogen-bond donors (Lipinski definition) is 2. The number of morpholine rings is 1. The van der Waals surface area contributed by atoms with Crippen LogP contribution in [0.4, 0.5) is 0 Å². The van der Waals surface area contributed by atoms with Crippen LogP contribution in [0.25, 0.3) is 0 Å². The molecule has 0 bridgehead atoms. The van der Waals surface area contributed by atoms with Crippen molar-refractivity contribution in [3.63, 3.8) is 0 Å². The van der Waals surface area contributed by atoms with Crippen molar-refractivity contribution < 1.29 is 13.2 Å². The summed E-state index contributed by atoms with van der Waals surface area (Å²) in [6.45, 7) is 10.7. The van der Waals surface area contributed by atoms with Gasteiger partial charge in [-0.2, -0.15) is 0 Å². The Morgan fingerprint density at radius 3 is 2.63 bits per heavy atom. The first-order chi connectivity index (χ1) is 12.9. The van der Waals surface area contributed by atoms with E-state index in [0.717, 1.165) is 69.4 Å². The normalized spacial score (nSPS) is 16.3. The number of hydrogen-bond acceptors (Lipinski definition) is 5. The average molecular weight is 397 g/mol. The van der Waals surface area contributed by atoms with Crippen molar-refractivity contribution in [1.82, 2.24) is 15.5 Å². The van der Waals surface area contributed by atoms with E-state index in [0.29, 0.717) is 11.4 Å². The molecule has 27 heavy (non-hydrogen) atoms. The Kier molecular flexibility index (Phi) is 8.53. The second-order valence-electron chi connectivity index (χ2n) is 6.80. The highest BCUT2D eigenvalue weighted by Crippen LogP contribution is 2.17. The van der Waals surface area contributed by atoms with E-state index in [9.17, 15) is 8.42 Å². The number of sulfone groups is 1. The molecule has 0 spiro atoms. The van der Waals surface area contributed by atoms with Gasteiger partial charge in [-0.1, -0.05) is 12.1 Å². The number of aryl methyl sites for hydroxylation is 1. The number of nitrogens with one attached hydrogen (secondary N) is 2. The van der Waals surface area contributed by atoms with Gasteiger partial charge in [0, 0.05) is 32.4 Å². The van der Waals surface area contributed by atoms with Crippen molar-refractivity contribution in [2.45, 2.75) is 31.7 Å². The summed E-state index contributed by atoms with van der Waals surface area (Å²) >= 11 is 0. The van der Waals surface area contributed by atoms with E-state index in [1.54, 1.807) is 6.07 Å². The number of aliphatic imine (C=N–C) groups is 1. The summed E-state index contributed by atoms with van der Waals surface area (Å²) < 4.78 is 28.8. The molecule has 1 aromatic rings. The Morgan fingerprint density at radius 2 is 2.00 bits per heavy atom. The molecule has 0 unspecified atom stereocenters. The molecule has 0 aromatic heterocycles. The predicted octanol–water partition coefficient (Wildman–Crippen LogP) is 1.18. The van der Waals surface area contributed by atoms with E-state index < -0.39 is 9.84 Å². The molecule has 1 aliphatic rings. The monoisotopic (exact) mass is 396 g/mol. The maximum Gasteiger partial charge on any atom is 0.191 e. The SMILES string of the molecule is CCNC(=NCc1ccc(S(C)(=O)=O)c(C)c1)NCCCN1CCOCC1. The maximum absolute atomic E-state index is 11.7. The third kappa shape index (κ3) is 7.48. The van der Waals surface area contributed by atoms with Gasteiger partial charge in [-0.15, -0.1) is 0 Å². The van der Waals surface area contributed by atoms with E-state index in [-0.39, 0.29) is 0 Å². The van der Waals surface area contributed by atoms with Crippen molar-refractivity contribution >= 4 is 15.8 Å². The summed E-state index contributed by atoms with van der Waals surface area (Å²) in [6.07, 6.45) is 2.28. The fourth-order valence-corrected chi connectivity index (χ4v) is 4.03. The van der Waals surface area contributed by atoms with E-state index in [1.807, 2.05) is 26.0 Å². The Labute approximate surface area is 163 Å². The number of nitrogens with zero attached hydrogens (tertiary/aromatic N) is 2. The molecule has 152 valence electrons. The number of benzene rings is 1. The molecule has 0 radical (unpaired) electrons. The Hall–Kier alpha value is -1.64. The van der Waals surface area contributed by atoms with Gasteiger partial charge in [-0.05, 0) is 44.0 Å². The zero-order valence-electron chi connectivity index (χ0n) is 16.6. The van der Waals surface area contributed by atoms with Crippen LogP contribution in [0.2, 0.25) is 0 Å². The van der Waals surface area contributed by atoms with Crippen molar-refractivity contribution in [1.29, 1.82) is 0 Å². The predicted molar refractivity (Wildman–Crippen MR) is 109 cm³/mol. The van der Waals surface area contributed by atoms with Gasteiger partial charge >= 0.3 is 0 Å². The largest absolute Gasteiger partial charge is 0.379 e. The first kappa shape index (κ1) is 21.7. The zero-order valence-corrected chi connectivity index (χ0v) is 17.4. The highest BCUT2D eigenvalue weighted by atomic mass is 32.2. The molecule has 8 heteroatoms. The van der Waals surface area contributed by atoms with Crippen LogP contribution in [-0.2, 0) is 21.1 Å². The number of guanidine groups is 1. The molecular formula is C19H32N4O3S. The Balaban J connectivity index is 1.86. The van der Waals surface area contributed by atoms with Crippen LogP contribution in [0.15, 0.2) is 28.1 Å². The minimum Gasteiger partial charge on any atom is -0.379 e. The highest BCUT2D eigenvalue weighted by Gasteiger charge is 2.11. The quantitative estimate of drug-likeness (QED) is 0.390. The lowest BCUT2D eigenvalue weighted by molar-refractivity contribution is 0.0376. The summed E-state index contributed by atoms with van der Waals surface area (Å²) in [6, 6.07) is 5.38. The molecular weight excluding hydrogens is 364 g/mol. The standard InChI is InChI=1S/C19H32N4O3S/c1-4-20-19(21-8-5-9-23-10-12-26-13-11-23)22-15-17-6-7-18(16(2)14-17)27(3,24)25/h6-7,14H,4-5,8-13,15H2,1-3H3,(H2,20,21,22). The Morgan fingerprint density at radius 1 is 1.26 bits per heavy atom. The Bertz CT molecular complexity index is 728. The van der Waals surface area contributed by atoms with E-state index >= 15 is 0 Å². The lowest BCUT2D eigenvalue weighted by Crippen LogP contribution is -2.40. The lowest BCUT2D eigenvalue weighted by atomic mass is 10.1. The van der Waals surface area contributed by atoms with Crippen LogP contribution >= 0.6 is 0 Å². The molecule has 1 fully saturated rings. The summed E-state index contributed by atoms with van der Waals surface area (Å²) in [7, 11) is -3.19. The molecule has 1 aliphatic heterocycles. The second-order valence-corrected chi connectivity index (χ2v) is 8.79. The van der Waals surface area contributed by atoms with Gasteiger partial charge in [-0.3, -0.25) is 4.90 Å². The average Bonchev–Trinajstić information content (AvgIpc) is 2.63. The maximum atomic E-state index is 11.7. The van der Waals surface area contributed by atoms with Crippen LogP contribution in [0, 0.1) is 6.92 Å². The summed E-state index contributed by atoms with van der Waals surface area (Å²) in [4.78, 5) is 7.41. The van der Waals surface area contributed by atoms with Gasteiger partial charge < -0.3 is 15.4 Å². The van der Waals surface area contributed by atoms with Crippen molar-refractivity contribution in [3.8, 4) is 0 Å². The van der Waals surface area contributed by atoms with E-state index in [4.69, 9.17) is 4.74 Å². The zero-order chi connectivity index (χ0) is 19.7. The molecule has 7 nitrogen and oxygen atoms in total. The number of ether oxygens (including phenoxy) is 1. The number of rotatable bonds is 8. The van der Waals surface area contributed by atoms with Crippen molar-refractivity contribution in [3.05, 3.63) is 29.3 Å². The smallest absolute Gasteiger partial charge is 0.191 e. The first-order valence-corrected chi connectivity index (χ1v) is 11.4. The molecule has 0 saturated carbocycles. The molecule has 1 heterocycles. The molecule has 0 amide bonds. The van der Waals surface area contributed by atoms with Gasteiger partial charge in [0.1, 0.15) is 0 Å². The topological polar surface area (TPSA) is 83.0 Å². The van der Waals surface area contributed by atoms with Crippen LogP contribution in [0.5, 0.6) is 0 Å². The molecule has 0 aliphatic carbocycles. The van der Waals surface area contributed by atoms with E-state index in [1.165, 1.54) is 6.26 Å². The molecule has 2 N–H and O–H groups in total. The minimum absolute atomic E-state index is 0.378. The van der Waals surface area contributed by atoms with Gasteiger partial charge in [0.05, 0.1) is 24.7 Å². The van der Waals surface area contributed by atoms with Crippen LogP contribution < -0.4 is 10.6 Å².